The Morgan fingerprint density at radius 3 is 2.76 bits per heavy atom. The molecule has 1 heterocycles. The molecule has 4 N–H and O–H groups in total. The molecule has 92 valence electrons. The van der Waals surface area contributed by atoms with Crippen molar-refractivity contribution in [3.63, 3.8) is 0 Å². The van der Waals surface area contributed by atoms with Crippen LogP contribution in [0.15, 0.2) is 12.1 Å². The van der Waals surface area contributed by atoms with Crippen molar-refractivity contribution < 1.29 is 9.59 Å². The van der Waals surface area contributed by atoms with Crippen molar-refractivity contribution >= 4 is 29.2 Å². The number of hydrogen-bond acceptors (Lipinski definition) is 4. The molecule has 0 spiro atoms. The first kappa shape index (κ1) is 13.2. The van der Waals surface area contributed by atoms with Crippen LogP contribution in [-0.4, -0.2) is 30.4 Å². The number of nitrogens with two attached hydrogens (primary N) is 1. The van der Waals surface area contributed by atoms with Gasteiger partial charge in [0.1, 0.15) is 11.0 Å². The van der Waals surface area contributed by atoms with Gasteiger partial charge in [-0.3, -0.25) is 9.59 Å². The van der Waals surface area contributed by atoms with E-state index in [2.05, 4.69) is 15.6 Å². The summed E-state index contributed by atoms with van der Waals surface area (Å²) in [5.74, 6) is -0.293. The zero-order chi connectivity index (χ0) is 12.8. The second-order valence-electron chi connectivity index (χ2n) is 3.29. The number of anilines is 1. The molecule has 2 amide bonds. The highest BCUT2D eigenvalue weighted by molar-refractivity contribution is 6.29. The number of pyridine rings is 1. The Labute approximate surface area is 104 Å². The maximum Gasteiger partial charge on any atom is 0.251 e. The third-order valence-electron chi connectivity index (χ3n) is 1.97. The first-order valence-corrected chi connectivity index (χ1v) is 5.32. The van der Waals surface area contributed by atoms with Crippen LogP contribution in [0.5, 0.6) is 0 Å². The van der Waals surface area contributed by atoms with Gasteiger partial charge in [0.05, 0.1) is 0 Å². The summed E-state index contributed by atoms with van der Waals surface area (Å²) in [5, 5.41) is 5.56. The van der Waals surface area contributed by atoms with Crippen LogP contribution in [-0.2, 0) is 4.79 Å². The fourth-order valence-electron chi connectivity index (χ4n) is 1.16. The molecule has 0 aliphatic carbocycles. The predicted molar refractivity (Wildman–Crippen MR) is 64.9 cm³/mol. The van der Waals surface area contributed by atoms with E-state index in [1.54, 1.807) is 13.1 Å². The summed E-state index contributed by atoms with van der Waals surface area (Å²) in [6.07, 6.45) is 0.101. The average Bonchev–Trinajstić information content (AvgIpc) is 2.27. The standard InChI is InChI=1S/C10H13ClN4O2/c1-13-9-5-6(4-7(11)15-9)10(17)14-3-2-8(12)16/h4-5H,2-3H2,1H3,(H2,12,16)(H,13,15)(H,14,17). The SMILES string of the molecule is CNc1cc(C(=O)NCCC(N)=O)cc(Cl)n1. The van der Waals surface area contributed by atoms with Crippen LogP contribution in [0, 0.1) is 0 Å². The third-order valence-corrected chi connectivity index (χ3v) is 2.16. The van der Waals surface area contributed by atoms with Gasteiger partial charge in [-0.25, -0.2) is 4.98 Å². The molecule has 0 fully saturated rings. The van der Waals surface area contributed by atoms with Crippen molar-refractivity contribution in [1.82, 2.24) is 10.3 Å². The number of nitrogens with one attached hydrogen (secondary N) is 2. The predicted octanol–water partition coefficient (Wildman–Crippen LogP) is 0.382. The number of amides is 2. The molecule has 1 aromatic rings. The fourth-order valence-corrected chi connectivity index (χ4v) is 1.37. The molecule has 0 saturated carbocycles. The minimum atomic E-state index is -0.464. The van der Waals surface area contributed by atoms with Gasteiger partial charge in [-0.15, -0.1) is 0 Å². The van der Waals surface area contributed by atoms with Crippen molar-refractivity contribution in [3.8, 4) is 0 Å². The molecule has 0 bridgehead atoms. The number of halogens is 1. The molecule has 0 saturated heterocycles. The monoisotopic (exact) mass is 256 g/mol. The van der Waals surface area contributed by atoms with E-state index < -0.39 is 5.91 Å². The smallest absolute Gasteiger partial charge is 0.251 e. The van der Waals surface area contributed by atoms with Crippen molar-refractivity contribution in [2.75, 3.05) is 18.9 Å². The van der Waals surface area contributed by atoms with Crippen molar-refractivity contribution in [2.45, 2.75) is 6.42 Å². The number of rotatable bonds is 5. The summed E-state index contributed by atoms with van der Waals surface area (Å²) in [5.41, 5.74) is 5.33. The quantitative estimate of drug-likeness (QED) is 0.664. The topological polar surface area (TPSA) is 97.1 Å². The Hall–Kier alpha value is -1.82. The number of carbonyl (C=O) groups is 2. The van der Waals surface area contributed by atoms with Gasteiger partial charge in [0.25, 0.3) is 5.91 Å². The molecular formula is C10H13ClN4O2. The number of primary amides is 1. The van der Waals surface area contributed by atoms with E-state index >= 15 is 0 Å². The van der Waals surface area contributed by atoms with Gasteiger partial charge >= 0.3 is 0 Å². The third kappa shape index (κ3) is 4.28. The van der Waals surface area contributed by atoms with Gasteiger partial charge in [-0.1, -0.05) is 11.6 Å². The molecule has 0 unspecified atom stereocenters. The lowest BCUT2D eigenvalue weighted by molar-refractivity contribution is -0.117. The van der Waals surface area contributed by atoms with Crippen LogP contribution in [0.1, 0.15) is 16.8 Å². The summed E-state index contributed by atoms with van der Waals surface area (Å²) in [6.45, 7) is 0.197. The van der Waals surface area contributed by atoms with E-state index in [9.17, 15) is 9.59 Å². The summed E-state index contributed by atoms with van der Waals surface area (Å²) in [4.78, 5) is 26.1. The molecule has 6 nitrogen and oxygen atoms in total. The van der Waals surface area contributed by atoms with Crippen molar-refractivity contribution in [3.05, 3.63) is 22.8 Å². The Balaban J connectivity index is 2.68. The number of nitrogens with zero attached hydrogens (tertiary/aromatic N) is 1. The Kier molecular flexibility index (Phi) is 4.71. The zero-order valence-electron chi connectivity index (χ0n) is 9.29. The molecule has 0 radical (unpaired) electrons. The summed E-state index contributed by atoms with van der Waals surface area (Å²) >= 11 is 5.75. The van der Waals surface area contributed by atoms with Gasteiger partial charge in [0.2, 0.25) is 5.91 Å². The second-order valence-corrected chi connectivity index (χ2v) is 3.67. The Morgan fingerprint density at radius 2 is 2.18 bits per heavy atom. The maximum absolute atomic E-state index is 11.7. The molecule has 1 aromatic heterocycles. The summed E-state index contributed by atoms with van der Waals surface area (Å²) in [6, 6.07) is 3.01. The normalized spacial score (nSPS) is 9.76. The second kappa shape index (κ2) is 6.05. The van der Waals surface area contributed by atoms with Crippen LogP contribution in [0.25, 0.3) is 0 Å². The lowest BCUT2D eigenvalue weighted by atomic mass is 10.2. The van der Waals surface area contributed by atoms with Crippen LogP contribution >= 0.6 is 11.6 Å². The van der Waals surface area contributed by atoms with Crippen LogP contribution in [0.4, 0.5) is 5.82 Å². The van der Waals surface area contributed by atoms with E-state index in [1.165, 1.54) is 6.07 Å². The first-order chi connectivity index (χ1) is 8.02. The van der Waals surface area contributed by atoms with Gasteiger partial charge < -0.3 is 16.4 Å². The Morgan fingerprint density at radius 1 is 1.47 bits per heavy atom. The van der Waals surface area contributed by atoms with Crippen molar-refractivity contribution in [2.24, 2.45) is 5.73 Å². The zero-order valence-corrected chi connectivity index (χ0v) is 10.0. The molecular weight excluding hydrogens is 244 g/mol. The van der Waals surface area contributed by atoms with Crippen LogP contribution in [0.2, 0.25) is 5.15 Å². The minimum absolute atomic E-state index is 0.101. The lowest BCUT2D eigenvalue weighted by Gasteiger charge is -2.06. The molecule has 1 rings (SSSR count). The molecule has 0 aromatic carbocycles. The highest BCUT2D eigenvalue weighted by Crippen LogP contribution is 2.13. The molecule has 0 atom stereocenters. The minimum Gasteiger partial charge on any atom is -0.373 e. The lowest BCUT2D eigenvalue weighted by Crippen LogP contribution is -2.28. The van der Waals surface area contributed by atoms with Gasteiger partial charge in [0, 0.05) is 25.6 Å². The van der Waals surface area contributed by atoms with Crippen LogP contribution < -0.4 is 16.4 Å². The molecule has 0 aliphatic heterocycles. The first-order valence-electron chi connectivity index (χ1n) is 4.94. The maximum atomic E-state index is 11.7. The van der Waals surface area contributed by atoms with Gasteiger partial charge in [0.15, 0.2) is 0 Å². The van der Waals surface area contributed by atoms with E-state index in [0.717, 1.165) is 0 Å². The highest BCUT2D eigenvalue weighted by atomic mass is 35.5. The Bertz CT molecular complexity index is 436. The van der Waals surface area contributed by atoms with Gasteiger partial charge in [-0.05, 0) is 12.1 Å². The highest BCUT2D eigenvalue weighted by Gasteiger charge is 2.08. The van der Waals surface area contributed by atoms with Crippen LogP contribution in [0.3, 0.4) is 0 Å². The average molecular weight is 257 g/mol. The van der Waals surface area contributed by atoms with E-state index in [-0.39, 0.29) is 24.0 Å². The van der Waals surface area contributed by atoms with E-state index in [1.807, 2.05) is 0 Å². The number of hydrogen-bond donors (Lipinski definition) is 3. The van der Waals surface area contributed by atoms with E-state index in [4.69, 9.17) is 17.3 Å². The van der Waals surface area contributed by atoms with Crippen molar-refractivity contribution in [1.29, 1.82) is 0 Å². The number of carbonyl (C=O) groups excluding carboxylic acids is 2. The largest absolute Gasteiger partial charge is 0.373 e. The van der Waals surface area contributed by atoms with Gasteiger partial charge in [-0.2, -0.15) is 0 Å². The summed E-state index contributed by atoms with van der Waals surface area (Å²) < 4.78 is 0. The molecule has 7 heteroatoms. The number of aromatic nitrogens is 1. The summed E-state index contributed by atoms with van der Waals surface area (Å²) in [7, 11) is 1.67. The fraction of sp³-hybridized carbons (Fsp3) is 0.300. The molecule has 17 heavy (non-hydrogen) atoms. The molecule has 0 aliphatic rings. The van der Waals surface area contributed by atoms with E-state index in [0.29, 0.717) is 11.4 Å².